The minimum absolute atomic E-state index is 0.0853. The van der Waals surface area contributed by atoms with Gasteiger partial charge >= 0.3 is 0 Å². The molecule has 1 aliphatic heterocycles. The van der Waals surface area contributed by atoms with E-state index in [1.807, 2.05) is 0 Å². The van der Waals surface area contributed by atoms with Gasteiger partial charge in [-0.25, -0.2) is 12.8 Å². The minimum Gasteiger partial charge on any atom is -0.326 e. The predicted octanol–water partition coefficient (Wildman–Crippen LogP) is 3.46. The van der Waals surface area contributed by atoms with Gasteiger partial charge in [0.1, 0.15) is 10.0 Å². The lowest BCUT2D eigenvalue weighted by atomic mass is 10.0. The van der Waals surface area contributed by atoms with Crippen LogP contribution in [0.3, 0.4) is 0 Å². The first kappa shape index (κ1) is 18.0. The molecule has 0 radical (unpaired) electrons. The fourth-order valence-corrected chi connectivity index (χ4v) is 5.79. The Morgan fingerprint density at radius 3 is 2.68 bits per heavy atom. The van der Waals surface area contributed by atoms with E-state index in [0.717, 1.165) is 12.8 Å². The predicted molar refractivity (Wildman–Crippen MR) is 95.5 cm³/mol. The van der Waals surface area contributed by atoms with Crippen LogP contribution in [0.4, 0.5) is 10.1 Å². The Bertz CT molecular complexity index is 820. The molecule has 3 rings (SSSR count). The molecule has 134 valence electrons. The first-order valence-corrected chi connectivity index (χ1v) is 10.4. The van der Waals surface area contributed by atoms with E-state index in [0.29, 0.717) is 22.9 Å². The van der Waals surface area contributed by atoms with Crippen molar-refractivity contribution >= 4 is 33.0 Å². The number of nitrogens with zero attached hydrogens (tertiary/aromatic N) is 1. The van der Waals surface area contributed by atoms with E-state index < -0.39 is 10.0 Å². The number of piperidine rings is 1. The summed E-state index contributed by atoms with van der Waals surface area (Å²) in [4.78, 5) is 12.3. The van der Waals surface area contributed by atoms with Crippen LogP contribution in [0.25, 0.3) is 0 Å². The van der Waals surface area contributed by atoms with E-state index in [-0.39, 0.29) is 24.2 Å². The van der Waals surface area contributed by atoms with Crippen molar-refractivity contribution in [3.63, 3.8) is 0 Å². The molecule has 1 amide bonds. The van der Waals surface area contributed by atoms with E-state index >= 15 is 0 Å². The van der Waals surface area contributed by atoms with Crippen LogP contribution >= 0.6 is 11.3 Å². The SMILES string of the molecule is O=C(CC1CCCCN1S(=O)(=O)c1cccs1)Nc1ccc(F)cc1. The number of hydrogen-bond acceptors (Lipinski definition) is 4. The number of carbonyl (C=O) groups excluding carboxylic acids is 1. The first-order valence-electron chi connectivity index (χ1n) is 8.07. The molecular weight excluding hydrogens is 363 g/mol. The van der Waals surface area contributed by atoms with Gasteiger partial charge in [0.2, 0.25) is 5.91 Å². The van der Waals surface area contributed by atoms with Gasteiger partial charge in [-0.05, 0) is 48.6 Å². The average Bonchev–Trinajstić information content (AvgIpc) is 3.13. The summed E-state index contributed by atoms with van der Waals surface area (Å²) < 4.78 is 40.3. The van der Waals surface area contributed by atoms with Crippen LogP contribution in [0.5, 0.6) is 0 Å². The Morgan fingerprint density at radius 1 is 1.24 bits per heavy atom. The molecule has 0 aliphatic carbocycles. The molecular formula is C17H19FN2O3S2. The smallest absolute Gasteiger partial charge is 0.252 e. The quantitative estimate of drug-likeness (QED) is 0.861. The van der Waals surface area contributed by atoms with Crippen LogP contribution in [-0.2, 0) is 14.8 Å². The number of benzene rings is 1. The second kappa shape index (κ2) is 7.63. The van der Waals surface area contributed by atoms with Crippen LogP contribution in [0, 0.1) is 5.82 Å². The van der Waals surface area contributed by atoms with Crippen molar-refractivity contribution < 1.29 is 17.6 Å². The summed E-state index contributed by atoms with van der Waals surface area (Å²) in [6, 6.07) is 8.43. The number of carbonyl (C=O) groups is 1. The maximum Gasteiger partial charge on any atom is 0.252 e. The number of thiophene rings is 1. The summed E-state index contributed by atoms with van der Waals surface area (Å²) in [5.74, 6) is -0.650. The number of nitrogens with one attached hydrogen (secondary N) is 1. The standard InChI is InChI=1S/C17H19FN2O3S2/c18-13-6-8-14(9-7-13)19-16(21)12-15-4-1-2-10-20(15)25(22,23)17-5-3-11-24-17/h3,5-9,11,15H,1-2,4,10,12H2,(H,19,21). The monoisotopic (exact) mass is 382 g/mol. The van der Waals surface area contributed by atoms with Crippen LogP contribution in [0.15, 0.2) is 46.0 Å². The largest absolute Gasteiger partial charge is 0.326 e. The van der Waals surface area contributed by atoms with E-state index in [1.54, 1.807) is 17.5 Å². The Kier molecular flexibility index (Phi) is 5.51. The number of halogens is 1. The van der Waals surface area contributed by atoms with Gasteiger partial charge < -0.3 is 5.32 Å². The molecule has 0 bridgehead atoms. The molecule has 1 fully saturated rings. The molecule has 1 unspecified atom stereocenters. The minimum atomic E-state index is -3.57. The number of amides is 1. The molecule has 1 saturated heterocycles. The van der Waals surface area contributed by atoms with E-state index in [9.17, 15) is 17.6 Å². The summed E-state index contributed by atoms with van der Waals surface area (Å²) in [6.07, 6.45) is 2.43. The molecule has 1 aromatic carbocycles. The van der Waals surface area contributed by atoms with Gasteiger partial charge in [0.15, 0.2) is 0 Å². The fourth-order valence-electron chi connectivity index (χ4n) is 2.98. The Labute approximate surface area is 150 Å². The second-order valence-corrected chi connectivity index (χ2v) is 9.02. The summed E-state index contributed by atoms with van der Waals surface area (Å²) in [6.45, 7) is 0.425. The average molecular weight is 382 g/mol. The normalized spacial score (nSPS) is 18.8. The highest BCUT2D eigenvalue weighted by Gasteiger charge is 2.35. The van der Waals surface area contributed by atoms with Gasteiger partial charge in [-0.2, -0.15) is 4.31 Å². The third kappa shape index (κ3) is 4.26. The van der Waals surface area contributed by atoms with Crippen molar-refractivity contribution in [2.24, 2.45) is 0 Å². The molecule has 2 heterocycles. The van der Waals surface area contributed by atoms with E-state index in [4.69, 9.17) is 0 Å². The Balaban J connectivity index is 1.71. The number of rotatable bonds is 5. The number of sulfonamides is 1. The highest BCUT2D eigenvalue weighted by Crippen LogP contribution is 2.29. The van der Waals surface area contributed by atoms with Crippen molar-refractivity contribution in [3.05, 3.63) is 47.6 Å². The maximum absolute atomic E-state index is 12.9. The summed E-state index contributed by atoms with van der Waals surface area (Å²) in [5, 5.41) is 4.43. The molecule has 0 saturated carbocycles. The lowest BCUT2D eigenvalue weighted by molar-refractivity contribution is -0.117. The number of anilines is 1. The zero-order chi connectivity index (χ0) is 17.9. The molecule has 0 spiro atoms. The second-order valence-electron chi connectivity index (χ2n) is 5.96. The first-order chi connectivity index (χ1) is 12.0. The van der Waals surface area contributed by atoms with Crippen LogP contribution < -0.4 is 5.32 Å². The third-order valence-electron chi connectivity index (χ3n) is 4.18. The van der Waals surface area contributed by atoms with Gasteiger partial charge in [0, 0.05) is 24.7 Å². The Hall–Kier alpha value is -1.77. The maximum atomic E-state index is 12.9. The fraction of sp³-hybridized carbons (Fsp3) is 0.353. The van der Waals surface area contributed by atoms with Crippen molar-refractivity contribution in [1.82, 2.24) is 4.31 Å². The van der Waals surface area contributed by atoms with E-state index in [1.165, 1.54) is 39.9 Å². The van der Waals surface area contributed by atoms with Crippen LogP contribution in [-0.4, -0.2) is 31.2 Å². The molecule has 8 heteroatoms. The van der Waals surface area contributed by atoms with Gasteiger partial charge in [0.25, 0.3) is 10.0 Å². The lowest BCUT2D eigenvalue weighted by Gasteiger charge is -2.34. The van der Waals surface area contributed by atoms with Crippen molar-refractivity contribution in [1.29, 1.82) is 0 Å². The molecule has 1 aliphatic rings. The van der Waals surface area contributed by atoms with Gasteiger partial charge in [-0.15, -0.1) is 11.3 Å². The third-order valence-corrected chi connectivity index (χ3v) is 7.51. The molecule has 2 aromatic rings. The van der Waals surface area contributed by atoms with Crippen LogP contribution in [0.1, 0.15) is 25.7 Å². The van der Waals surface area contributed by atoms with Gasteiger partial charge in [-0.3, -0.25) is 4.79 Å². The lowest BCUT2D eigenvalue weighted by Crippen LogP contribution is -2.45. The summed E-state index contributed by atoms with van der Waals surface area (Å²) >= 11 is 1.18. The van der Waals surface area contributed by atoms with E-state index in [2.05, 4.69) is 5.32 Å². The number of hydrogen-bond donors (Lipinski definition) is 1. The molecule has 1 N–H and O–H groups in total. The summed E-state index contributed by atoms with van der Waals surface area (Å²) in [7, 11) is -3.57. The van der Waals surface area contributed by atoms with Crippen LogP contribution in [0.2, 0.25) is 0 Å². The highest BCUT2D eigenvalue weighted by molar-refractivity contribution is 7.91. The zero-order valence-electron chi connectivity index (χ0n) is 13.5. The zero-order valence-corrected chi connectivity index (χ0v) is 15.2. The summed E-state index contributed by atoms with van der Waals surface area (Å²) in [5.41, 5.74) is 0.495. The van der Waals surface area contributed by atoms with Crippen molar-refractivity contribution in [2.45, 2.75) is 35.9 Å². The molecule has 25 heavy (non-hydrogen) atoms. The van der Waals surface area contributed by atoms with Crippen molar-refractivity contribution in [3.8, 4) is 0 Å². The molecule has 1 atom stereocenters. The van der Waals surface area contributed by atoms with Gasteiger partial charge in [0.05, 0.1) is 0 Å². The van der Waals surface area contributed by atoms with Crippen molar-refractivity contribution in [2.75, 3.05) is 11.9 Å². The molecule has 5 nitrogen and oxygen atoms in total. The molecule has 1 aromatic heterocycles. The topological polar surface area (TPSA) is 66.5 Å². The van der Waals surface area contributed by atoms with Gasteiger partial charge in [-0.1, -0.05) is 12.5 Å². The highest BCUT2D eigenvalue weighted by atomic mass is 32.2. The Morgan fingerprint density at radius 2 is 2.00 bits per heavy atom.